The van der Waals surface area contributed by atoms with Gasteiger partial charge in [0, 0.05) is 35.7 Å². The van der Waals surface area contributed by atoms with Crippen molar-refractivity contribution in [3.05, 3.63) is 63.8 Å². The zero-order chi connectivity index (χ0) is 19.8. The van der Waals surface area contributed by atoms with Gasteiger partial charge in [-0.3, -0.25) is 4.79 Å². The van der Waals surface area contributed by atoms with Crippen LogP contribution in [0.4, 0.5) is 0 Å². The average molecular weight is 390 g/mol. The van der Waals surface area contributed by atoms with Crippen molar-refractivity contribution in [1.29, 1.82) is 0 Å². The molecule has 0 bridgehead atoms. The molecule has 0 saturated carbocycles. The predicted molar refractivity (Wildman–Crippen MR) is 117 cm³/mol. The molecule has 4 aromatic rings. The number of nitrogens with one attached hydrogen (secondary N) is 1. The summed E-state index contributed by atoms with van der Waals surface area (Å²) in [5.41, 5.74) is 8.63. The van der Waals surface area contributed by atoms with Crippen molar-refractivity contribution < 1.29 is 4.79 Å². The van der Waals surface area contributed by atoms with Gasteiger partial charge in [0.15, 0.2) is 0 Å². The van der Waals surface area contributed by atoms with Crippen LogP contribution < -0.4 is 5.32 Å². The third kappa shape index (κ3) is 3.02. The Balaban J connectivity index is 1.90. The number of nitrogens with zero attached hydrogens (tertiary/aromatic N) is 2. The molecule has 0 atom stereocenters. The van der Waals surface area contributed by atoms with E-state index in [-0.39, 0.29) is 5.91 Å². The Bertz CT molecular complexity index is 1190. The Kier molecular flexibility index (Phi) is 4.77. The van der Waals surface area contributed by atoms with Crippen LogP contribution in [0, 0.1) is 13.8 Å². The van der Waals surface area contributed by atoms with Crippen LogP contribution in [0.1, 0.15) is 28.4 Å². The maximum Gasteiger partial charge on any atom is 0.251 e. The van der Waals surface area contributed by atoms with Gasteiger partial charge in [-0.15, -0.1) is 0 Å². The van der Waals surface area contributed by atoms with Crippen LogP contribution in [0.25, 0.3) is 33.5 Å². The van der Waals surface area contributed by atoms with E-state index >= 15 is 0 Å². The van der Waals surface area contributed by atoms with Crippen molar-refractivity contribution >= 4 is 28.3 Å². The van der Waals surface area contributed by atoms with Crippen molar-refractivity contribution in [3.8, 4) is 22.5 Å². The minimum Gasteiger partial charge on any atom is -0.355 e. The molecule has 2 heterocycles. The van der Waals surface area contributed by atoms with Gasteiger partial charge >= 0.3 is 0 Å². The van der Waals surface area contributed by atoms with E-state index in [0.29, 0.717) is 5.56 Å². The van der Waals surface area contributed by atoms with Gasteiger partial charge in [-0.2, -0.15) is 11.3 Å². The van der Waals surface area contributed by atoms with E-state index in [9.17, 15) is 4.79 Å². The topological polar surface area (TPSA) is 46.9 Å². The fourth-order valence-corrected chi connectivity index (χ4v) is 4.56. The molecule has 1 N–H and O–H groups in total. The summed E-state index contributed by atoms with van der Waals surface area (Å²) in [7, 11) is 1.64. The summed E-state index contributed by atoms with van der Waals surface area (Å²) < 4.78 is 2.22. The number of aryl methyl sites for hydroxylation is 3. The number of fused-ring (bicyclic) bond motifs is 1. The minimum atomic E-state index is -0.0963. The van der Waals surface area contributed by atoms with E-state index in [1.54, 1.807) is 18.4 Å². The number of amides is 1. The van der Waals surface area contributed by atoms with Gasteiger partial charge in [0.05, 0.1) is 11.0 Å². The molecule has 0 saturated heterocycles. The average Bonchev–Trinajstić information content (AvgIpc) is 3.30. The van der Waals surface area contributed by atoms with Crippen LogP contribution in [0.15, 0.2) is 47.2 Å². The number of carbonyl (C=O) groups excluding carboxylic acids is 1. The number of thiophene rings is 1. The van der Waals surface area contributed by atoms with Gasteiger partial charge in [0.1, 0.15) is 5.82 Å². The summed E-state index contributed by atoms with van der Waals surface area (Å²) in [6, 6.07) is 12.3. The van der Waals surface area contributed by atoms with E-state index in [0.717, 1.165) is 29.0 Å². The molecule has 0 spiro atoms. The number of hydrogen-bond donors (Lipinski definition) is 1. The van der Waals surface area contributed by atoms with Gasteiger partial charge in [-0.1, -0.05) is 23.8 Å². The summed E-state index contributed by atoms with van der Waals surface area (Å²) >= 11 is 1.69. The predicted octanol–water partition coefficient (Wildman–Crippen LogP) is 5.43. The molecule has 0 aliphatic carbocycles. The van der Waals surface area contributed by atoms with Crippen LogP contribution in [-0.2, 0) is 6.54 Å². The molecule has 4 nitrogen and oxygen atoms in total. The highest BCUT2D eigenvalue weighted by Crippen LogP contribution is 2.38. The van der Waals surface area contributed by atoms with Crippen molar-refractivity contribution in [2.45, 2.75) is 27.3 Å². The first-order valence-corrected chi connectivity index (χ1v) is 10.3. The molecule has 2 aromatic heterocycles. The van der Waals surface area contributed by atoms with Gasteiger partial charge < -0.3 is 9.88 Å². The van der Waals surface area contributed by atoms with Crippen molar-refractivity contribution in [3.63, 3.8) is 0 Å². The van der Waals surface area contributed by atoms with Crippen LogP contribution >= 0.6 is 11.3 Å². The summed E-state index contributed by atoms with van der Waals surface area (Å²) in [6.07, 6.45) is 0. The number of carbonyl (C=O) groups is 1. The molecule has 0 unspecified atom stereocenters. The molecule has 28 heavy (non-hydrogen) atoms. The SMILES string of the molecule is CCn1c(-c2cscc2-c2ccc(C)cc2C)nc2cc(C(=O)NC)ccc21. The Morgan fingerprint density at radius 1 is 1.07 bits per heavy atom. The zero-order valence-corrected chi connectivity index (χ0v) is 17.4. The summed E-state index contributed by atoms with van der Waals surface area (Å²) in [5.74, 6) is 0.851. The number of benzene rings is 2. The third-order valence-corrected chi connectivity index (χ3v) is 5.87. The summed E-state index contributed by atoms with van der Waals surface area (Å²) in [4.78, 5) is 16.9. The van der Waals surface area contributed by atoms with E-state index in [4.69, 9.17) is 4.98 Å². The standard InChI is InChI=1S/C23H23N3OS/c1-5-26-21-9-7-16(23(27)24-4)11-20(21)25-22(26)19-13-28-12-18(19)17-8-6-14(2)10-15(17)3/h6-13H,5H2,1-4H3,(H,24,27). The third-order valence-electron chi connectivity index (χ3n) is 5.13. The first kappa shape index (κ1) is 18.4. The molecule has 4 rings (SSSR count). The van der Waals surface area contributed by atoms with Crippen molar-refractivity contribution in [1.82, 2.24) is 14.9 Å². The van der Waals surface area contributed by atoms with Crippen molar-refractivity contribution in [2.75, 3.05) is 7.05 Å². The lowest BCUT2D eigenvalue weighted by atomic mass is 9.98. The Morgan fingerprint density at radius 2 is 1.86 bits per heavy atom. The first-order valence-electron chi connectivity index (χ1n) is 9.40. The highest BCUT2D eigenvalue weighted by atomic mass is 32.1. The number of hydrogen-bond acceptors (Lipinski definition) is 3. The molecule has 0 radical (unpaired) electrons. The number of imidazole rings is 1. The fraction of sp³-hybridized carbons (Fsp3) is 0.217. The fourth-order valence-electron chi connectivity index (χ4n) is 3.74. The molecule has 0 aliphatic heterocycles. The number of aromatic nitrogens is 2. The Labute approximate surface area is 168 Å². The van der Waals surface area contributed by atoms with Crippen LogP contribution in [-0.4, -0.2) is 22.5 Å². The normalized spacial score (nSPS) is 11.1. The lowest BCUT2D eigenvalue weighted by molar-refractivity contribution is 0.0963. The van der Waals surface area contributed by atoms with E-state index in [2.05, 4.69) is 59.6 Å². The quantitative estimate of drug-likeness (QED) is 0.506. The second-order valence-electron chi connectivity index (χ2n) is 6.98. The molecule has 0 aliphatic rings. The van der Waals surface area contributed by atoms with E-state index in [1.165, 1.54) is 22.3 Å². The highest BCUT2D eigenvalue weighted by Gasteiger charge is 2.18. The monoisotopic (exact) mass is 389 g/mol. The maximum absolute atomic E-state index is 12.0. The van der Waals surface area contributed by atoms with Gasteiger partial charge in [-0.25, -0.2) is 4.98 Å². The van der Waals surface area contributed by atoms with E-state index in [1.807, 2.05) is 18.2 Å². The van der Waals surface area contributed by atoms with Crippen LogP contribution in [0.2, 0.25) is 0 Å². The van der Waals surface area contributed by atoms with Gasteiger partial charge in [-0.05, 0) is 55.5 Å². The Morgan fingerprint density at radius 3 is 2.57 bits per heavy atom. The zero-order valence-electron chi connectivity index (χ0n) is 16.5. The molecule has 2 aromatic carbocycles. The minimum absolute atomic E-state index is 0.0963. The molecule has 0 fully saturated rings. The highest BCUT2D eigenvalue weighted by molar-refractivity contribution is 7.08. The smallest absolute Gasteiger partial charge is 0.251 e. The second-order valence-corrected chi connectivity index (χ2v) is 7.72. The van der Waals surface area contributed by atoms with Gasteiger partial charge in [0.25, 0.3) is 5.91 Å². The van der Waals surface area contributed by atoms with Crippen molar-refractivity contribution in [2.24, 2.45) is 0 Å². The second kappa shape index (κ2) is 7.24. The molecule has 1 amide bonds. The number of rotatable bonds is 4. The largest absolute Gasteiger partial charge is 0.355 e. The van der Waals surface area contributed by atoms with E-state index < -0.39 is 0 Å². The lowest BCUT2D eigenvalue weighted by Crippen LogP contribution is -2.17. The maximum atomic E-state index is 12.0. The summed E-state index contributed by atoms with van der Waals surface area (Å²) in [6.45, 7) is 7.21. The molecular weight excluding hydrogens is 366 g/mol. The van der Waals surface area contributed by atoms with Crippen LogP contribution in [0.3, 0.4) is 0 Å². The first-order chi connectivity index (χ1) is 13.5. The molecule has 142 valence electrons. The molecular formula is C23H23N3OS. The summed E-state index contributed by atoms with van der Waals surface area (Å²) in [5, 5.41) is 7.04. The molecule has 5 heteroatoms. The van der Waals surface area contributed by atoms with Gasteiger partial charge in [0.2, 0.25) is 0 Å². The lowest BCUT2D eigenvalue weighted by Gasteiger charge is -2.10. The van der Waals surface area contributed by atoms with Crippen LogP contribution in [0.5, 0.6) is 0 Å². The Hall–Kier alpha value is -2.92.